The molecule has 3 N–H and O–H groups in total. The molecule has 18 heavy (non-hydrogen) atoms. The van der Waals surface area contributed by atoms with Gasteiger partial charge in [-0.1, -0.05) is 30.4 Å². The molecule has 2 aromatic carbocycles. The highest BCUT2D eigenvalue weighted by Crippen LogP contribution is 2.30. The maximum Gasteiger partial charge on any atom is 0.116 e. The number of hydrogen-bond acceptors (Lipinski definition) is 2. The highest BCUT2D eigenvalue weighted by Gasteiger charge is 2.08. The fourth-order valence-corrected chi connectivity index (χ4v) is 2.35. The summed E-state index contributed by atoms with van der Waals surface area (Å²) in [6.45, 7) is 3.96. The average molecular weight is 257 g/mol. The zero-order valence-electron chi connectivity index (χ0n) is 10.4. The third-order valence-electron chi connectivity index (χ3n) is 2.95. The predicted molar refractivity (Wildman–Crippen MR) is 78.9 cm³/mol. The minimum atomic E-state index is 0.291. The van der Waals surface area contributed by atoms with Crippen LogP contribution in [0.3, 0.4) is 0 Å². The van der Waals surface area contributed by atoms with Gasteiger partial charge in [-0.3, -0.25) is 0 Å². The molecule has 0 unspecified atom stereocenters. The third-order valence-corrected chi connectivity index (χ3v) is 3.19. The molecule has 0 aliphatic rings. The molecule has 2 rings (SSSR count). The lowest BCUT2D eigenvalue weighted by Crippen LogP contribution is -2.09. The van der Waals surface area contributed by atoms with Crippen LogP contribution in [0, 0.1) is 13.8 Å². The van der Waals surface area contributed by atoms with Crippen LogP contribution in [0.25, 0.3) is 11.1 Å². The lowest BCUT2D eigenvalue weighted by Gasteiger charge is -2.12. The minimum Gasteiger partial charge on any atom is -0.508 e. The molecule has 2 nitrogen and oxygen atoms in total. The molecular weight excluding hydrogens is 242 g/mol. The molecule has 2 aromatic rings. The van der Waals surface area contributed by atoms with Crippen LogP contribution in [0.1, 0.15) is 16.7 Å². The first kappa shape index (κ1) is 12.6. The van der Waals surface area contributed by atoms with Gasteiger partial charge in [0.15, 0.2) is 0 Å². The van der Waals surface area contributed by atoms with Gasteiger partial charge >= 0.3 is 0 Å². The zero-order valence-corrected chi connectivity index (χ0v) is 11.2. The highest BCUT2D eigenvalue weighted by molar-refractivity contribution is 7.80. The molecule has 92 valence electrons. The number of phenolic OH excluding ortho intramolecular Hbond substituents is 1. The third kappa shape index (κ3) is 2.36. The molecule has 0 spiro atoms. The zero-order chi connectivity index (χ0) is 13.3. The van der Waals surface area contributed by atoms with Crippen molar-refractivity contribution in [1.82, 2.24) is 0 Å². The molecule has 0 saturated carbocycles. The molecule has 0 atom stereocenters. The summed E-state index contributed by atoms with van der Waals surface area (Å²) in [6.07, 6.45) is 0. The number of thiocarbonyl (C=S) groups is 1. The fourth-order valence-electron chi connectivity index (χ4n) is 2.22. The van der Waals surface area contributed by atoms with E-state index in [2.05, 4.69) is 0 Å². The first-order chi connectivity index (χ1) is 8.49. The van der Waals surface area contributed by atoms with Gasteiger partial charge in [0, 0.05) is 5.56 Å². The summed E-state index contributed by atoms with van der Waals surface area (Å²) >= 11 is 5.00. The Kier molecular flexibility index (Phi) is 3.34. The quantitative estimate of drug-likeness (QED) is 0.811. The van der Waals surface area contributed by atoms with Crippen LogP contribution in [0.5, 0.6) is 5.75 Å². The Morgan fingerprint density at radius 1 is 1.11 bits per heavy atom. The van der Waals surface area contributed by atoms with Crippen molar-refractivity contribution in [2.75, 3.05) is 0 Å². The van der Waals surface area contributed by atoms with Crippen LogP contribution in [-0.4, -0.2) is 10.1 Å². The Labute approximate surface area is 112 Å². The normalized spacial score (nSPS) is 10.3. The second kappa shape index (κ2) is 4.78. The van der Waals surface area contributed by atoms with Gasteiger partial charge < -0.3 is 10.8 Å². The molecular formula is C15H15NOS. The molecule has 0 amide bonds. The molecule has 0 bridgehead atoms. The van der Waals surface area contributed by atoms with Crippen molar-refractivity contribution in [3.8, 4) is 16.9 Å². The fraction of sp³-hybridized carbons (Fsp3) is 0.133. The Morgan fingerprint density at radius 3 is 2.28 bits per heavy atom. The number of aromatic hydroxyl groups is 1. The first-order valence-electron chi connectivity index (χ1n) is 5.69. The number of phenols is 1. The van der Waals surface area contributed by atoms with E-state index in [1.54, 1.807) is 12.1 Å². The van der Waals surface area contributed by atoms with Crippen LogP contribution in [0.15, 0.2) is 36.4 Å². The lowest BCUT2D eigenvalue weighted by atomic mass is 9.94. The van der Waals surface area contributed by atoms with Gasteiger partial charge in [0.2, 0.25) is 0 Å². The summed E-state index contributed by atoms with van der Waals surface area (Å²) in [5, 5.41) is 9.57. The first-order valence-corrected chi connectivity index (χ1v) is 6.10. The van der Waals surface area contributed by atoms with Gasteiger partial charge in [0.05, 0.1) is 0 Å². The Balaban J connectivity index is 2.62. The Hall–Kier alpha value is -1.87. The highest BCUT2D eigenvalue weighted by atomic mass is 32.1. The van der Waals surface area contributed by atoms with E-state index in [0.717, 1.165) is 27.8 Å². The number of benzene rings is 2. The Bertz CT molecular complexity index is 597. The predicted octanol–water partition coefficient (Wildman–Crippen LogP) is 3.31. The maximum atomic E-state index is 9.57. The van der Waals surface area contributed by atoms with E-state index in [4.69, 9.17) is 18.0 Å². The maximum absolute atomic E-state index is 9.57. The van der Waals surface area contributed by atoms with E-state index in [1.807, 2.05) is 38.1 Å². The van der Waals surface area contributed by atoms with Crippen LogP contribution in [0.2, 0.25) is 0 Å². The summed E-state index contributed by atoms with van der Waals surface area (Å²) in [6, 6.07) is 11.4. The van der Waals surface area contributed by atoms with Crippen molar-refractivity contribution in [1.29, 1.82) is 0 Å². The molecule has 0 aliphatic heterocycles. The minimum absolute atomic E-state index is 0.291. The lowest BCUT2D eigenvalue weighted by molar-refractivity contribution is 0.474. The van der Waals surface area contributed by atoms with Crippen LogP contribution >= 0.6 is 12.2 Å². The number of rotatable bonds is 2. The smallest absolute Gasteiger partial charge is 0.116 e. The standard InChI is InChI=1S/C15H15NOS/c1-9-6-13(17)7-10(2)14(9)11-4-3-5-12(8-11)15(16)18/h3-8,17H,1-2H3,(H2,16,18). The van der Waals surface area contributed by atoms with E-state index in [0.29, 0.717) is 10.7 Å². The van der Waals surface area contributed by atoms with Crippen molar-refractivity contribution in [3.63, 3.8) is 0 Å². The van der Waals surface area contributed by atoms with E-state index in [9.17, 15) is 5.11 Å². The van der Waals surface area contributed by atoms with Gasteiger partial charge in [0.1, 0.15) is 10.7 Å². The van der Waals surface area contributed by atoms with Crippen LogP contribution < -0.4 is 5.73 Å². The van der Waals surface area contributed by atoms with Gasteiger partial charge in [-0.25, -0.2) is 0 Å². The van der Waals surface area contributed by atoms with Crippen molar-refractivity contribution in [2.45, 2.75) is 13.8 Å². The largest absolute Gasteiger partial charge is 0.508 e. The van der Waals surface area contributed by atoms with E-state index in [1.165, 1.54) is 0 Å². The van der Waals surface area contributed by atoms with Crippen LogP contribution in [-0.2, 0) is 0 Å². The molecule has 0 aliphatic carbocycles. The SMILES string of the molecule is Cc1cc(O)cc(C)c1-c1cccc(C(N)=S)c1. The van der Waals surface area contributed by atoms with Crippen molar-refractivity contribution >= 4 is 17.2 Å². The summed E-state index contributed by atoms with van der Waals surface area (Å²) in [5.74, 6) is 0.291. The van der Waals surface area contributed by atoms with Crippen molar-refractivity contribution in [3.05, 3.63) is 53.1 Å². The van der Waals surface area contributed by atoms with Gasteiger partial charge in [-0.05, 0) is 54.3 Å². The molecule has 3 heteroatoms. The van der Waals surface area contributed by atoms with E-state index < -0.39 is 0 Å². The van der Waals surface area contributed by atoms with Gasteiger partial charge in [-0.15, -0.1) is 0 Å². The number of aryl methyl sites for hydroxylation is 2. The summed E-state index contributed by atoms with van der Waals surface area (Å²) in [5.41, 5.74) is 10.8. The number of hydrogen-bond donors (Lipinski definition) is 2. The number of nitrogens with two attached hydrogens (primary N) is 1. The Morgan fingerprint density at radius 2 is 1.72 bits per heavy atom. The molecule has 0 fully saturated rings. The summed E-state index contributed by atoms with van der Waals surface area (Å²) in [4.78, 5) is 0.394. The molecule has 0 heterocycles. The monoisotopic (exact) mass is 257 g/mol. The molecule has 0 aromatic heterocycles. The molecule has 0 radical (unpaired) electrons. The molecule has 0 saturated heterocycles. The van der Waals surface area contributed by atoms with E-state index >= 15 is 0 Å². The van der Waals surface area contributed by atoms with Crippen molar-refractivity contribution in [2.24, 2.45) is 5.73 Å². The topological polar surface area (TPSA) is 46.2 Å². The second-order valence-corrected chi connectivity index (χ2v) is 4.84. The van der Waals surface area contributed by atoms with Gasteiger partial charge in [0.25, 0.3) is 0 Å². The van der Waals surface area contributed by atoms with Crippen molar-refractivity contribution < 1.29 is 5.11 Å². The summed E-state index contributed by atoms with van der Waals surface area (Å²) < 4.78 is 0. The average Bonchev–Trinajstić information content (AvgIpc) is 2.28. The van der Waals surface area contributed by atoms with E-state index in [-0.39, 0.29) is 0 Å². The summed E-state index contributed by atoms with van der Waals surface area (Å²) in [7, 11) is 0. The second-order valence-electron chi connectivity index (χ2n) is 4.40. The van der Waals surface area contributed by atoms with Crippen LogP contribution in [0.4, 0.5) is 0 Å². The van der Waals surface area contributed by atoms with Gasteiger partial charge in [-0.2, -0.15) is 0 Å².